The third-order valence-corrected chi connectivity index (χ3v) is 8.52. The van der Waals surface area contributed by atoms with E-state index in [1.165, 1.54) is 5.56 Å². The molecule has 0 unspecified atom stereocenters. The number of hydrogen-bond acceptors (Lipinski definition) is 7. The minimum atomic E-state index is -0.792. The maximum absolute atomic E-state index is 13.2. The van der Waals surface area contributed by atoms with Crippen LogP contribution in [0.1, 0.15) is 76.3 Å². The molecule has 1 aromatic rings. The van der Waals surface area contributed by atoms with Crippen molar-refractivity contribution in [1.29, 1.82) is 0 Å². The minimum absolute atomic E-state index is 0.00774. The molecule has 0 aromatic heterocycles. The molecular weight excluding hydrogens is 446 g/mol. The highest BCUT2D eigenvalue weighted by Crippen LogP contribution is 2.66. The highest BCUT2D eigenvalue weighted by atomic mass is 16.6. The number of carbonyl (C=O) groups is 2. The summed E-state index contributed by atoms with van der Waals surface area (Å²) in [5.74, 6) is 1.49. The normalized spacial score (nSPS) is 30.1. The van der Waals surface area contributed by atoms with Gasteiger partial charge in [-0.3, -0.25) is 14.5 Å². The highest BCUT2D eigenvalue weighted by molar-refractivity contribution is 5.74. The van der Waals surface area contributed by atoms with E-state index in [0.29, 0.717) is 36.5 Å². The number of carbonyl (C=O) groups excluding carboxylic acids is 2. The Morgan fingerprint density at radius 2 is 1.89 bits per heavy atom. The van der Waals surface area contributed by atoms with Gasteiger partial charge in [0, 0.05) is 24.8 Å². The summed E-state index contributed by atoms with van der Waals surface area (Å²) in [5.41, 5.74) is 0.848. The summed E-state index contributed by atoms with van der Waals surface area (Å²) >= 11 is 0. The maximum atomic E-state index is 13.2. The van der Waals surface area contributed by atoms with Gasteiger partial charge >= 0.3 is 11.9 Å². The zero-order valence-electron chi connectivity index (χ0n) is 21.4. The van der Waals surface area contributed by atoms with Gasteiger partial charge in [0.1, 0.15) is 11.4 Å². The van der Waals surface area contributed by atoms with E-state index >= 15 is 0 Å². The van der Waals surface area contributed by atoms with Crippen LogP contribution in [0.3, 0.4) is 0 Å². The lowest BCUT2D eigenvalue weighted by molar-refractivity contribution is -0.206. The molecule has 2 aliphatic carbocycles. The van der Waals surface area contributed by atoms with Crippen LogP contribution in [0.5, 0.6) is 11.5 Å². The van der Waals surface area contributed by atoms with Gasteiger partial charge < -0.3 is 18.9 Å². The number of likely N-dealkylation sites (N-methyl/N-ethyl adjacent to an activating group) is 1. The fraction of sp³-hybridized carbons (Fsp3) is 0.643. The summed E-state index contributed by atoms with van der Waals surface area (Å²) in [6, 6.07) is 4.08. The van der Waals surface area contributed by atoms with Crippen molar-refractivity contribution in [1.82, 2.24) is 4.90 Å². The van der Waals surface area contributed by atoms with E-state index in [1.54, 1.807) is 7.11 Å². The second-order valence-corrected chi connectivity index (χ2v) is 10.4. The van der Waals surface area contributed by atoms with Crippen LogP contribution in [0.2, 0.25) is 0 Å². The van der Waals surface area contributed by atoms with Crippen molar-refractivity contribution in [3.05, 3.63) is 35.1 Å². The van der Waals surface area contributed by atoms with Gasteiger partial charge in [-0.15, -0.1) is 0 Å². The van der Waals surface area contributed by atoms with Crippen molar-refractivity contribution >= 4 is 11.9 Å². The number of benzene rings is 1. The Labute approximate surface area is 207 Å². The predicted octanol–water partition coefficient (Wildman–Crippen LogP) is 4.45. The summed E-state index contributed by atoms with van der Waals surface area (Å²) in [6.07, 6.45) is 7.61. The lowest BCUT2D eigenvalue weighted by Crippen LogP contribution is -2.75. The van der Waals surface area contributed by atoms with Gasteiger partial charge in [0.25, 0.3) is 0 Å². The van der Waals surface area contributed by atoms with Gasteiger partial charge in [-0.1, -0.05) is 32.8 Å². The Balaban J connectivity index is 1.65. The fourth-order valence-electron chi connectivity index (χ4n) is 6.84. The quantitative estimate of drug-likeness (QED) is 0.481. The second-order valence-electron chi connectivity index (χ2n) is 10.4. The molecule has 7 heteroatoms. The number of esters is 2. The molecule has 2 heterocycles. The Morgan fingerprint density at radius 1 is 1.14 bits per heavy atom. The topological polar surface area (TPSA) is 74.3 Å². The van der Waals surface area contributed by atoms with Crippen LogP contribution < -0.4 is 9.47 Å². The summed E-state index contributed by atoms with van der Waals surface area (Å²) < 4.78 is 24.9. The molecule has 2 aliphatic heterocycles. The molecule has 5 rings (SSSR count). The molecule has 4 aliphatic rings. The summed E-state index contributed by atoms with van der Waals surface area (Å²) in [7, 11) is 3.75. The average molecular weight is 484 g/mol. The molecule has 7 nitrogen and oxygen atoms in total. The van der Waals surface area contributed by atoms with E-state index in [0.717, 1.165) is 50.6 Å². The lowest BCUT2D eigenvalue weighted by Gasteiger charge is -2.62. The molecule has 1 aromatic carbocycles. The van der Waals surface area contributed by atoms with Crippen LogP contribution >= 0.6 is 0 Å². The van der Waals surface area contributed by atoms with E-state index in [1.807, 2.05) is 12.1 Å². The Hall–Kier alpha value is -2.54. The molecule has 0 amide bonds. The van der Waals surface area contributed by atoms with E-state index < -0.39 is 17.1 Å². The molecule has 1 fully saturated rings. The number of methoxy groups -OCH3 is 1. The van der Waals surface area contributed by atoms with Crippen LogP contribution in [0, 0.1) is 0 Å². The number of nitrogens with zero attached hydrogens (tertiary/aromatic N) is 1. The first kappa shape index (κ1) is 24.2. The molecule has 1 spiro atoms. The molecule has 2 bridgehead atoms. The van der Waals surface area contributed by atoms with Crippen molar-refractivity contribution in [2.24, 2.45) is 0 Å². The second kappa shape index (κ2) is 9.16. The van der Waals surface area contributed by atoms with Gasteiger partial charge in [0.05, 0.1) is 18.6 Å². The first-order chi connectivity index (χ1) is 16.9. The fourth-order valence-corrected chi connectivity index (χ4v) is 6.84. The van der Waals surface area contributed by atoms with Gasteiger partial charge in [0.2, 0.25) is 0 Å². The van der Waals surface area contributed by atoms with Gasteiger partial charge in [-0.25, -0.2) is 0 Å². The number of unbranched alkanes of at least 4 members (excludes halogenated alkanes) is 2. The SMILES string of the molecule is CCCCC(=O)OC1=CC[C@@]2(OC(=O)CCCC)[C@H]3Cc4ccc(OC)c5c4[C@@]2(CCN3C)[C@H]1O5. The van der Waals surface area contributed by atoms with Crippen LogP contribution in [0.15, 0.2) is 24.0 Å². The van der Waals surface area contributed by atoms with Crippen LogP contribution in [-0.2, 0) is 30.9 Å². The van der Waals surface area contributed by atoms with Gasteiger partial charge in [-0.2, -0.15) is 0 Å². The van der Waals surface area contributed by atoms with Crippen LogP contribution in [-0.4, -0.2) is 55.3 Å². The standard InChI is InChI=1S/C28H37NO6/c1-5-7-9-22(30)33-20-13-14-28(35-23(31)10-8-6-2)21-17-18-11-12-19(32-4)25-24(18)27(28,26(20)34-25)15-16-29(21)3/h11-13,21,26H,5-10,14-17H2,1-4H3/t21-,26+,27+,28-/m1/s1. The van der Waals surface area contributed by atoms with Crippen molar-refractivity contribution in [3.8, 4) is 11.5 Å². The minimum Gasteiger partial charge on any atom is -0.493 e. The van der Waals surface area contributed by atoms with Crippen molar-refractivity contribution in [2.45, 2.75) is 94.8 Å². The number of hydrogen-bond donors (Lipinski definition) is 0. The third-order valence-electron chi connectivity index (χ3n) is 8.52. The van der Waals surface area contributed by atoms with Gasteiger partial charge in [0.15, 0.2) is 17.6 Å². The number of ether oxygens (including phenoxy) is 4. The Bertz CT molecular complexity index is 1050. The lowest BCUT2D eigenvalue weighted by atomic mass is 9.50. The molecule has 190 valence electrons. The summed E-state index contributed by atoms with van der Waals surface area (Å²) in [5, 5.41) is 0. The third kappa shape index (κ3) is 3.49. The molecule has 4 atom stereocenters. The van der Waals surface area contributed by atoms with E-state index in [2.05, 4.69) is 31.9 Å². The van der Waals surface area contributed by atoms with Crippen molar-refractivity contribution < 1.29 is 28.5 Å². The largest absolute Gasteiger partial charge is 0.493 e. The molecular formula is C28H37NO6. The van der Waals surface area contributed by atoms with E-state index in [4.69, 9.17) is 18.9 Å². The van der Waals surface area contributed by atoms with Crippen LogP contribution in [0.25, 0.3) is 0 Å². The van der Waals surface area contributed by atoms with Crippen LogP contribution in [0.4, 0.5) is 0 Å². The van der Waals surface area contributed by atoms with Crippen molar-refractivity contribution in [3.63, 3.8) is 0 Å². The summed E-state index contributed by atoms with van der Waals surface area (Å²) in [6.45, 7) is 4.97. The summed E-state index contributed by atoms with van der Waals surface area (Å²) in [4.78, 5) is 28.2. The van der Waals surface area contributed by atoms with Crippen molar-refractivity contribution in [2.75, 3.05) is 20.7 Å². The molecule has 0 saturated carbocycles. The zero-order chi connectivity index (χ0) is 24.8. The Kier molecular flexibility index (Phi) is 6.32. The van der Waals surface area contributed by atoms with Gasteiger partial charge in [-0.05, 0) is 57.0 Å². The van der Waals surface area contributed by atoms with E-state index in [-0.39, 0.29) is 18.0 Å². The highest BCUT2D eigenvalue weighted by Gasteiger charge is 2.74. The first-order valence-corrected chi connectivity index (χ1v) is 13.1. The zero-order valence-corrected chi connectivity index (χ0v) is 21.4. The molecule has 0 radical (unpaired) electrons. The van der Waals surface area contributed by atoms with E-state index in [9.17, 15) is 9.59 Å². The molecule has 0 N–H and O–H groups in total. The predicted molar refractivity (Wildman–Crippen MR) is 130 cm³/mol. The Morgan fingerprint density at radius 3 is 2.60 bits per heavy atom. The number of piperidine rings is 1. The number of rotatable bonds is 9. The average Bonchev–Trinajstić information content (AvgIpc) is 3.21. The smallest absolute Gasteiger partial charge is 0.310 e. The monoisotopic (exact) mass is 483 g/mol. The first-order valence-electron chi connectivity index (χ1n) is 13.1. The molecule has 35 heavy (non-hydrogen) atoms. The number of likely N-dealkylation sites (tertiary alicyclic amines) is 1. The maximum Gasteiger partial charge on any atom is 0.310 e. The molecule has 1 saturated heterocycles.